The number of methoxy groups -OCH3 is 1. The molecule has 0 saturated carbocycles. The lowest BCUT2D eigenvalue weighted by molar-refractivity contribution is 0.417. The Labute approximate surface area is 100.0 Å². The molecule has 0 fully saturated rings. The molecule has 0 bridgehead atoms. The maximum Gasteiger partial charge on any atom is 0.143 e. The molecule has 4 N–H and O–H groups in total. The van der Waals surface area contributed by atoms with Gasteiger partial charge in [0, 0.05) is 23.5 Å². The fraction of sp³-hybridized carbons (Fsp3) is 0.250. The number of aromatic amines is 1. The molecule has 1 aromatic carbocycles. The number of H-pyrrole nitrogens is 1. The number of nitrogens with zero attached hydrogens (tertiary/aromatic N) is 1. The molecule has 1 aromatic heterocycles. The molecule has 0 amide bonds. The van der Waals surface area contributed by atoms with Gasteiger partial charge in [-0.2, -0.15) is 5.10 Å². The molecular weight excluding hydrogens is 216 g/mol. The van der Waals surface area contributed by atoms with Gasteiger partial charge in [0.25, 0.3) is 0 Å². The molecule has 0 aliphatic rings. The van der Waals surface area contributed by atoms with Crippen molar-refractivity contribution in [3.63, 3.8) is 0 Å². The van der Waals surface area contributed by atoms with Crippen molar-refractivity contribution in [1.29, 1.82) is 0 Å². The van der Waals surface area contributed by atoms with Crippen LogP contribution in [0.25, 0.3) is 0 Å². The molecule has 5 nitrogen and oxygen atoms in total. The third-order valence-electron chi connectivity index (χ3n) is 2.64. The van der Waals surface area contributed by atoms with Gasteiger partial charge in [-0.05, 0) is 19.1 Å². The Balaban J connectivity index is 2.13. The summed E-state index contributed by atoms with van der Waals surface area (Å²) in [5, 5.41) is 10.1. The number of hydrogen-bond donors (Lipinski definition) is 3. The predicted molar refractivity (Wildman–Crippen MR) is 68.0 cm³/mol. The molecule has 0 radical (unpaired) electrons. The van der Waals surface area contributed by atoms with Gasteiger partial charge in [-0.15, -0.1) is 0 Å². The number of hydrogen-bond acceptors (Lipinski definition) is 4. The fourth-order valence-electron chi connectivity index (χ4n) is 1.63. The summed E-state index contributed by atoms with van der Waals surface area (Å²) < 4.78 is 5.17. The van der Waals surface area contributed by atoms with Crippen molar-refractivity contribution in [3.8, 4) is 5.75 Å². The molecule has 2 rings (SSSR count). The Morgan fingerprint density at radius 2 is 2.29 bits per heavy atom. The van der Waals surface area contributed by atoms with Crippen LogP contribution in [0.1, 0.15) is 18.5 Å². The highest BCUT2D eigenvalue weighted by atomic mass is 16.5. The second kappa shape index (κ2) is 4.78. The fourth-order valence-corrected chi connectivity index (χ4v) is 1.63. The van der Waals surface area contributed by atoms with E-state index in [0.717, 1.165) is 11.3 Å². The van der Waals surface area contributed by atoms with Gasteiger partial charge in [0.05, 0.1) is 25.0 Å². The van der Waals surface area contributed by atoms with Crippen LogP contribution in [0.5, 0.6) is 5.75 Å². The first-order valence-electron chi connectivity index (χ1n) is 5.39. The molecule has 90 valence electrons. The lowest BCUT2D eigenvalue weighted by atomic mass is 10.1. The second-order valence-electron chi connectivity index (χ2n) is 3.85. The normalized spacial score (nSPS) is 12.1. The number of nitrogens with two attached hydrogens (primary N) is 1. The van der Waals surface area contributed by atoms with E-state index in [1.165, 1.54) is 0 Å². The Bertz CT molecular complexity index is 481. The van der Waals surface area contributed by atoms with E-state index < -0.39 is 0 Å². The van der Waals surface area contributed by atoms with Crippen LogP contribution in [-0.2, 0) is 0 Å². The van der Waals surface area contributed by atoms with Gasteiger partial charge >= 0.3 is 0 Å². The van der Waals surface area contributed by atoms with Crippen molar-refractivity contribution in [2.75, 3.05) is 18.2 Å². The monoisotopic (exact) mass is 232 g/mol. The van der Waals surface area contributed by atoms with Crippen LogP contribution in [0.4, 0.5) is 11.4 Å². The highest BCUT2D eigenvalue weighted by Gasteiger charge is 2.07. The van der Waals surface area contributed by atoms with Crippen molar-refractivity contribution in [2.45, 2.75) is 13.0 Å². The lowest BCUT2D eigenvalue weighted by Gasteiger charge is -2.15. The Morgan fingerprint density at radius 3 is 2.94 bits per heavy atom. The zero-order valence-electron chi connectivity index (χ0n) is 9.90. The first kappa shape index (κ1) is 11.3. The number of rotatable bonds is 4. The van der Waals surface area contributed by atoms with Crippen LogP contribution in [-0.4, -0.2) is 17.3 Å². The van der Waals surface area contributed by atoms with Crippen LogP contribution >= 0.6 is 0 Å². The number of ether oxygens (including phenoxy) is 1. The van der Waals surface area contributed by atoms with Crippen molar-refractivity contribution < 1.29 is 4.74 Å². The second-order valence-corrected chi connectivity index (χ2v) is 3.85. The first-order valence-corrected chi connectivity index (χ1v) is 5.39. The van der Waals surface area contributed by atoms with Gasteiger partial charge in [0.1, 0.15) is 5.75 Å². The molecule has 1 heterocycles. The number of benzene rings is 1. The highest BCUT2D eigenvalue weighted by Crippen LogP contribution is 2.27. The summed E-state index contributed by atoms with van der Waals surface area (Å²) >= 11 is 0. The minimum Gasteiger partial charge on any atom is -0.495 e. The third-order valence-corrected chi connectivity index (χ3v) is 2.64. The van der Waals surface area contributed by atoms with Gasteiger partial charge in [-0.1, -0.05) is 0 Å². The Morgan fingerprint density at radius 1 is 1.47 bits per heavy atom. The van der Waals surface area contributed by atoms with E-state index in [2.05, 4.69) is 22.4 Å². The lowest BCUT2D eigenvalue weighted by Crippen LogP contribution is -2.06. The zero-order valence-corrected chi connectivity index (χ0v) is 9.90. The molecule has 2 aromatic rings. The van der Waals surface area contributed by atoms with Crippen molar-refractivity contribution in [3.05, 3.63) is 36.2 Å². The van der Waals surface area contributed by atoms with Gasteiger partial charge in [0.15, 0.2) is 0 Å². The quantitative estimate of drug-likeness (QED) is 0.706. The zero-order chi connectivity index (χ0) is 12.3. The van der Waals surface area contributed by atoms with Crippen LogP contribution in [0, 0.1) is 0 Å². The number of aromatic nitrogens is 2. The molecule has 0 aliphatic carbocycles. The standard InChI is InChI=1S/C12H16N4O/c1-8(9-6-14-15-7-9)16-10-3-4-11(13)12(5-10)17-2/h3-8,16H,13H2,1-2H3,(H,14,15). The van der Waals surface area contributed by atoms with E-state index in [0.29, 0.717) is 11.4 Å². The average Bonchev–Trinajstić information content (AvgIpc) is 2.85. The van der Waals surface area contributed by atoms with E-state index in [1.54, 1.807) is 13.3 Å². The van der Waals surface area contributed by atoms with Crippen LogP contribution in [0.2, 0.25) is 0 Å². The molecule has 0 spiro atoms. The minimum atomic E-state index is 0.169. The van der Waals surface area contributed by atoms with Gasteiger partial charge in [0.2, 0.25) is 0 Å². The summed E-state index contributed by atoms with van der Waals surface area (Å²) in [6.45, 7) is 2.06. The van der Waals surface area contributed by atoms with E-state index in [1.807, 2.05) is 24.4 Å². The number of anilines is 2. The van der Waals surface area contributed by atoms with Crippen LogP contribution < -0.4 is 15.8 Å². The van der Waals surface area contributed by atoms with Crippen molar-refractivity contribution in [1.82, 2.24) is 10.2 Å². The number of nitrogens with one attached hydrogen (secondary N) is 2. The maximum absolute atomic E-state index is 5.76. The van der Waals surface area contributed by atoms with Gasteiger partial charge in [-0.3, -0.25) is 5.10 Å². The average molecular weight is 232 g/mol. The summed E-state index contributed by atoms with van der Waals surface area (Å²) in [6, 6.07) is 5.80. The summed E-state index contributed by atoms with van der Waals surface area (Å²) in [5.41, 5.74) is 8.45. The summed E-state index contributed by atoms with van der Waals surface area (Å²) in [6.07, 6.45) is 3.67. The van der Waals surface area contributed by atoms with E-state index in [9.17, 15) is 0 Å². The molecule has 17 heavy (non-hydrogen) atoms. The SMILES string of the molecule is COc1cc(NC(C)c2cn[nH]c2)ccc1N. The van der Waals surface area contributed by atoms with Crippen molar-refractivity contribution >= 4 is 11.4 Å². The van der Waals surface area contributed by atoms with E-state index >= 15 is 0 Å². The molecule has 0 saturated heterocycles. The third kappa shape index (κ3) is 2.50. The topological polar surface area (TPSA) is 76.0 Å². The summed E-state index contributed by atoms with van der Waals surface area (Å²) in [7, 11) is 1.61. The van der Waals surface area contributed by atoms with Crippen molar-refractivity contribution in [2.24, 2.45) is 0 Å². The summed E-state index contributed by atoms with van der Waals surface area (Å²) in [4.78, 5) is 0. The smallest absolute Gasteiger partial charge is 0.143 e. The molecular formula is C12H16N4O. The first-order chi connectivity index (χ1) is 8.20. The summed E-state index contributed by atoms with van der Waals surface area (Å²) in [5.74, 6) is 0.675. The highest BCUT2D eigenvalue weighted by molar-refractivity contribution is 5.61. The minimum absolute atomic E-state index is 0.169. The largest absolute Gasteiger partial charge is 0.495 e. The van der Waals surface area contributed by atoms with E-state index in [-0.39, 0.29) is 6.04 Å². The molecule has 1 unspecified atom stereocenters. The van der Waals surface area contributed by atoms with Gasteiger partial charge < -0.3 is 15.8 Å². The maximum atomic E-state index is 5.76. The number of nitrogen functional groups attached to an aromatic ring is 1. The van der Waals surface area contributed by atoms with Gasteiger partial charge in [-0.25, -0.2) is 0 Å². The Hall–Kier alpha value is -2.17. The van der Waals surface area contributed by atoms with E-state index in [4.69, 9.17) is 10.5 Å². The van der Waals surface area contributed by atoms with Crippen LogP contribution in [0.3, 0.4) is 0 Å². The Kier molecular flexibility index (Phi) is 3.18. The molecule has 0 aliphatic heterocycles. The molecule has 5 heteroatoms. The van der Waals surface area contributed by atoms with Crippen LogP contribution in [0.15, 0.2) is 30.6 Å². The predicted octanol–water partition coefficient (Wildman–Crippen LogP) is 2.17. The molecule has 1 atom stereocenters.